The van der Waals surface area contributed by atoms with Crippen molar-refractivity contribution in [2.75, 3.05) is 46.4 Å². The molecule has 0 radical (unpaired) electrons. The first-order valence-electron chi connectivity index (χ1n) is 11.6. The summed E-state index contributed by atoms with van der Waals surface area (Å²) in [6.07, 6.45) is 3.26. The number of hydrogen-bond acceptors (Lipinski definition) is 5. The number of ether oxygens (including phenoxy) is 2. The van der Waals surface area contributed by atoms with Gasteiger partial charge in [-0.2, -0.15) is 0 Å². The van der Waals surface area contributed by atoms with E-state index in [-0.39, 0.29) is 11.7 Å². The molecule has 2 aromatic rings. The van der Waals surface area contributed by atoms with Crippen molar-refractivity contribution in [2.45, 2.75) is 45.8 Å². The molecule has 0 amide bonds. The van der Waals surface area contributed by atoms with Crippen LogP contribution in [-0.4, -0.2) is 72.4 Å². The van der Waals surface area contributed by atoms with Gasteiger partial charge >= 0.3 is 0 Å². The average molecular weight is 461 g/mol. The summed E-state index contributed by atoms with van der Waals surface area (Å²) in [6.45, 7) is 10.3. The molecule has 8 heteroatoms. The van der Waals surface area contributed by atoms with E-state index in [4.69, 9.17) is 21.7 Å². The zero-order chi connectivity index (χ0) is 22.9. The van der Waals surface area contributed by atoms with Crippen molar-refractivity contribution in [3.8, 4) is 5.75 Å². The zero-order valence-electron chi connectivity index (χ0n) is 19.5. The molecule has 3 rings (SSSR count). The predicted molar refractivity (Wildman–Crippen MR) is 134 cm³/mol. The second kappa shape index (κ2) is 12.2. The second-order valence-electron chi connectivity index (χ2n) is 8.20. The summed E-state index contributed by atoms with van der Waals surface area (Å²) in [5, 5.41) is 5.04. The Morgan fingerprint density at radius 3 is 2.81 bits per heavy atom. The average Bonchev–Trinajstić information content (AvgIpc) is 3.32. The van der Waals surface area contributed by atoms with E-state index < -0.39 is 0 Å². The lowest BCUT2D eigenvalue weighted by molar-refractivity contribution is 0.0896. The summed E-state index contributed by atoms with van der Waals surface area (Å²) in [6, 6.07) is 7.64. The molecule has 0 saturated carbocycles. The van der Waals surface area contributed by atoms with Crippen molar-refractivity contribution in [3.05, 3.63) is 40.2 Å². The molecule has 2 heterocycles. The molecule has 176 valence electrons. The molecule has 0 unspecified atom stereocenters. The highest BCUT2D eigenvalue weighted by Gasteiger charge is 2.22. The fraction of sp³-hybridized carbons (Fsp3) is 0.583. The number of nitrogens with one attached hydrogen (secondary N) is 2. The summed E-state index contributed by atoms with van der Waals surface area (Å²) in [5.41, 5.74) is 1.35. The Bertz CT molecular complexity index is 938. The molecule has 1 atom stereocenters. The normalized spacial score (nSPS) is 15.9. The van der Waals surface area contributed by atoms with E-state index in [1.807, 2.05) is 24.3 Å². The Morgan fingerprint density at radius 1 is 1.31 bits per heavy atom. The van der Waals surface area contributed by atoms with E-state index in [2.05, 4.69) is 33.9 Å². The lowest BCUT2D eigenvalue weighted by Crippen LogP contribution is -2.44. The van der Waals surface area contributed by atoms with Gasteiger partial charge in [0.25, 0.3) is 5.56 Å². The number of hydrogen-bond donors (Lipinski definition) is 2. The second-order valence-corrected chi connectivity index (χ2v) is 8.59. The number of nitrogens with zero attached hydrogens (tertiary/aromatic N) is 2. The number of aromatic nitrogens is 1. The number of rotatable bonds is 11. The Balaban J connectivity index is 1.70. The molecule has 0 aliphatic carbocycles. The lowest BCUT2D eigenvalue weighted by Gasteiger charge is -2.28. The van der Waals surface area contributed by atoms with Gasteiger partial charge in [0.1, 0.15) is 5.75 Å². The van der Waals surface area contributed by atoms with Crippen LogP contribution in [0.2, 0.25) is 0 Å². The fourth-order valence-electron chi connectivity index (χ4n) is 4.08. The molecular formula is C24H36N4O3S. The first-order chi connectivity index (χ1) is 15.5. The van der Waals surface area contributed by atoms with Gasteiger partial charge in [0.05, 0.1) is 25.3 Å². The van der Waals surface area contributed by atoms with Crippen LogP contribution in [0.3, 0.4) is 0 Å². The summed E-state index contributed by atoms with van der Waals surface area (Å²) in [5.74, 6) is 0.719. The van der Waals surface area contributed by atoms with Crippen molar-refractivity contribution in [3.63, 3.8) is 0 Å². The molecule has 2 N–H and O–H groups in total. The highest BCUT2D eigenvalue weighted by atomic mass is 32.1. The maximum Gasteiger partial charge on any atom is 0.253 e. The van der Waals surface area contributed by atoms with Crippen LogP contribution in [0.25, 0.3) is 10.9 Å². The minimum atomic E-state index is -0.104. The smallest absolute Gasteiger partial charge is 0.253 e. The van der Waals surface area contributed by atoms with Gasteiger partial charge in [-0.3, -0.25) is 4.79 Å². The van der Waals surface area contributed by atoms with Crippen LogP contribution >= 0.6 is 12.2 Å². The first kappa shape index (κ1) is 24.5. The van der Waals surface area contributed by atoms with Gasteiger partial charge in [0, 0.05) is 31.3 Å². The third-order valence-electron chi connectivity index (χ3n) is 6.05. The van der Waals surface area contributed by atoms with Crippen LogP contribution in [-0.2, 0) is 11.3 Å². The van der Waals surface area contributed by atoms with E-state index in [9.17, 15) is 4.79 Å². The summed E-state index contributed by atoms with van der Waals surface area (Å²) in [4.78, 5) is 20.3. The summed E-state index contributed by atoms with van der Waals surface area (Å²) >= 11 is 5.73. The van der Waals surface area contributed by atoms with E-state index in [0.717, 1.165) is 68.7 Å². The van der Waals surface area contributed by atoms with Crippen LogP contribution in [0.15, 0.2) is 29.1 Å². The minimum absolute atomic E-state index is 0.104. The van der Waals surface area contributed by atoms with Gasteiger partial charge in [0.2, 0.25) is 0 Å². The number of thiocarbonyl (C=S) groups is 1. The predicted octanol–water partition coefficient (Wildman–Crippen LogP) is 3.12. The highest BCUT2D eigenvalue weighted by molar-refractivity contribution is 7.80. The fourth-order valence-corrected chi connectivity index (χ4v) is 4.32. The highest BCUT2D eigenvalue weighted by Crippen LogP contribution is 2.20. The van der Waals surface area contributed by atoms with Gasteiger partial charge in [0.15, 0.2) is 5.11 Å². The van der Waals surface area contributed by atoms with Crippen molar-refractivity contribution in [2.24, 2.45) is 0 Å². The Labute approximate surface area is 196 Å². The van der Waals surface area contributed by atoms with Crippen LogP contribution in [0.5, 0.6) is 5.75 Å². The van der Waals surface area contributed by atoms with E-state index in [1.54, 1.807) is 7.11 Å². The molecule has 1 saturated heterocycles. The van der Waals surface area contributed by atoms with Crippen LogP contribution in [0.1, 0.15) is 38.7 Å². The summed E-state index contributed by atoms with van der Waals surface area (Å²) < 4.78 is 11.1. The number of methoxy groups -OCH3 is 1. The van der Waals surface area contributed by atoms with Crippen LogP contribution in [0, 0.1) is 0 Å². The van der Waals surface area contributed by atoms with Crippen molar-refractivity contribution >= 4 is 28.2 Å². The largest absolute Gasteiger partial charge is 0.497 e. The quantitative estimate of drug-likeness (QED) is 0.394. The molecule has 1 fully saturated rings. The monoisotopic (exact) mass is 460 g/mol. The number of pyridine rings is 1. The van der Waals surface area contributed by atoms with Gasteiger partial charge in [-0.15, -0.1) is 0 Å². The Morgan fingerprint density at radius 2 is 2.12 bits per heavy atom. The number of fused-ring (bicyclic) bond motifs is 1. The van der Waals surface area contributed by atoms with E-state index >= 15 is 0 Å². The molecule has 1 aromatic carbocycles. The third-order valence-corrected chi connectivity index (χ3v) is 6.45. The number of H-pyrrole nitrogens is 1. The van der Waals surface area contributed by atoms with E-state index in [0.29, 0.717) is 23.8 Å². The SMILES string of the molecule is CCN(CC)CCCNC(=S)N(Cc1cc2ccc(OC)cc2[nH]c1=O)C[C@@H]1CCCO1. The third kappa shape index (κ3) is 6.67. The Hall–Kier alpha value is -2.16. The van der Waals surface area contributed by atoms with Crippen molar-refractivity contribution in [1.82, 2.24) is 20.1 Å². The minimum Gasteiger partial charge on any atom is -0.497 e. The standard InChI is InChI=1S/C24H36N4O3S/c1-4-27(5-2)12-7-11-25-24(32)28(17-21-8-6-13-31-21)16-19-14-18-9-10-20(30-3)15-22(18)26-23(19)29/h9-10,14-15,21H,4-8,11-13,16-17H2,1-3H3,(H,25,32)(H,26,29)/t21-/m0/s1. The van der Waals surface area contributed by atoms with Gasteiger partial charge < -0.3 is 29.6 Å². The zero-order valence-corrected chi connectivity index (χ0v) is 20.3. The number of benzene rings is 1. The van der Waals surface area contributed by atoms with Gasteiger partial charge in [-0.05, 0) is 74.7 Å². The van der Waals surface area contributed by atoms with Crippen LogP contribution in [0.4, 0.5) is 0 Å². The molecule has 7 nitrogen and oxygen atoms in total. The molecule has 0 spiro atoms. The Kier molecular flexibility index (Phi) is 9.32. The lowest BCUT2D eigenvalue weighted by atomic mass is 10.1. The molecule has 32 heavy (non-hydrogen) atoms. The topological polar surface area (TPSA) is 69.8 Å². The van der Waals surface area contributed by atoms with Crippen LogP contribution < -0.4 is 15.6 Å². The van der Waals surface area contributed by atoms with Crippen molar-refractivity contribution < 1.29 is 9.47 Å². The maximum atomic E-state index is 12.8. The van der Waals surface area contributed by atoms with Crippen molar-refractivity contribution in [1.29, 1.82) is 0 Å². The first-order valence-corrected chi connectivity index (χ1v) is 12.0. The molecule has 1 aliphatic heterocycles. The molecule has 0 bridgehead atoms. The van der Waals surface area contributed by atoms with E-state index in [1.165, 1.54) is 0 Å². The molecule has 1 aromatic heterocycles. The molecule has 1 aliphatic rings. The number of aromatic amines is 1. The van der Waals surface area contributed by atoms with Gasteiger partial charge in [-0.25, -0.2) is 0 Å². The molecular weight excluding hydrogens is 424 g/mol. The van der Waals surface area contributed by atoms with Gasteiger partial charge in [-0.1, -0.05) is 13.8 Å². The maximum absolute atomic E-state index is 12.8. The summed E-state index contributed by atoms with van der Waals surface area (Å²) in [7, 11) is 1.62.